The van der Waals surface area contributed by atoms with E-state index >= 15 is 0 Å². The summed E-state index contributed by atoms with van der Waals surface area (Å²) < 4.78 is 6.23. The van der Waals surface area contributed by atoms with Gasteiger partial charge in [0.2, 0.25) is 5.91 Å². The summed E-state index contributed by atoms with van der Waals surface area (Å²) in [6.07, 6.45) is 0. The van der Waals surface area contributed by atoms with Gasteiger partial charge in [-0.2, -0.15) is 0 Å². The summed E-state index contributed by atoms with van der Waals surface area (Å²) in [5.74, 6) is -1.17. The van der Waals surface area contributed by atoms with E-state index in [9.17, 15) is 19.7 Å². The zero-order valence-electron chi connectivity index (χ0n) is 12.1. The molecule has 2 aromatic carbocycles. The maximum Gasteiger partial charge on any atom is 0.420 e. The van der Waals surface area contributed by atoms with Crippen molar-refractivity contribution in [2.45, 2.75) is 6.54 Å². The predicted octanol–water partition coefficient (Wildman–Crippen LogP) is 2.79. The molecule has 0 aliphatic rings. The second kappa shape index (κ2) is 6.17. The molecule has 0 aliphatic heterocycles. The van der Waals surface area contributed by atoms with E-state index in [0.29, 0.717) is 11.1 Å². The molecule has 0 aliphatic carbocycles. The largest absolute Gasteiger partial charge is 0.420 e. The third kappa shape index (κ3) is 2.99. The maximum absolute atomic E-state index is 12.1. The first kappa shape index (κ1) is 15.8. The van der Waals surface area contributed by atoms with Gasteiger partial charge in [-0.1, -0.05) is 23.7 Å². The molecule has 122 valence electrons. The minimum absolute atomic E-state index is 0.0296. The average molecular weight is 348 g/mol. The van der Waals surface area contributed by atoms with Crippen LogP contribution in [0.5, 0.6) is 0 Å². The molecule has 0 bridgehead atoms. The number of benzene rings is 2. The Morgan fingerprint density at radius 1 is 1.29 bits per heavy atom. The molecule has 0 unspecified atom stereocenters. The number of nitrogens with one attached hydrogen (secondary N) is 1. The monoisotopic (exact) mass is 347 g/mol. The van der Waals surface area contributed by atoms with Crippen LogP contribution in [0.4, 0.5) is 11.4 Å². The number of rotatable bonds is 4. The second-order valence-electron chi connectivity index (χ2n) is 4.89. The van der Waals surface area contributed by atoms with Crippen LogP contribution in [0, 0.1) is 10.1 Å². The number of non-ortho nitro benzene ring substituents is 1. The highest BCUT2D eigenvalue weighted by atomic mass is 35.5. The highest BCUT2D eigenvalue weighted by molar-refractivity contribution is 6.33. The standard InChI is InChI=1S/C15H10ClN3O5/c16-10-7-9(19(22)23)5-6-11(10)17-14(20)8-18-12-3-1-2-4-13(12)24-15(18)21/h1-7H,8H2,(H,17,20). The van der Waals surface area contributed by atoms with Gasteiger partial charge in [-0.15, -0.1) is 0 Å². The fraction of sp³-hybridized carbons (Fsp3) is 0.0667. The van der Waals surface area contributed by atoms with Crippen LogP contribution in [0.25, 0.3) is 11.1 Å². The minimum atomic E-state index is -0.652. The van der Waals surface area contributed by atoms with E-state index in [1.54, 1.807) is 24.3 Å². The minimum Gasteiger partial charge on any atom is -0.408 e. The van der Waals surface area contributed by atoms with Gasteiger partial charge in [0.15, 0.2) is 5.58 Å². The molecule has 1 amide bonds. The topological polar surface area (TPSA) is 107 Å². The number of aromatic nitrogens is 1. The SMILES string of the molecule is O=C(Cn1c(=O)oc2ccccc21)Nc1ccc([N+](=O)[O-])cc1Cl. The molecule has 8 nitrogen and oxygen atoms in total. The Labute approximate surface area is 139 Å². The molecule has 3 rings (SSSR count). The molecule has 0 radical (unpaired) electrons. The molecule has 9 heteroatoms. The first-order valence-corrected chi connectivity index (χ1v) is 7.15. The number of oxazole rings is 1. The van der Waals surface area contributed by atoms with Gasteiger partial charge in [0.05, 0.1) is 21.2 Å². The molecular formula is C15H10ClN3O5. The van der Waals surface area contributed by atoms with Crippen LogP contribution in [0.15, 0.2) is 51.7 Å². The lowest BCUT2D eigenvalue weighted by atomic mass is 10.3. The van der Waals surface area contributed by atoms with Crippen molar-refractivity contribution in [1.82, 2.24) is 4.57 Å². The van der Waals surface area contributed by atoms with Crippen LogP contribution >= 0.6 is 11.6 Å². The number of carbonyl (C=O) groups is 1. The number of hydrogen-bond acceptors (Lipinski definition) is 5. The van der Waals surface area contributed by atoms with Crippen LogP contribution in [-0.2, 0) is 11.3 Å². The summed E-state index contributed by atoms with van der Waals surface area (Å²) in [5, 5.41) is 13.2. The van der Waals surface area contributed by atoms with Crippen molar-refractivity contribution in [2.24, 2.45) is 0 Å². The van der Waals surface area contributed by atoms with Gasteiger partial charge in [-0.3, -0.25) is 19.5 Å². The highest BCUT2D eigenvalue weighted by Gasteiger charge is 2.15. The number of amides is 1. The van der Waals surface area contributed by atoms with Gasteiger partial charge in [-0.05, 0) is 18.2 Å². The fourth-order valence-corrected chi connectivity index (χ4v) is 2.44. The van der Waals surface area contributed by atoms with Crippen LogP contribution in [-0.4, -0.2) is 15.4 Å². The molecule has 1 N–H and O–H groups in total. The van der Waals surface area contributed by atoms with E-state index in [1.165, 1.54) is 16.7 Å². The third-order valence-corrected chi connectivity index (χ3v) is 3.63. The number of halogens is 1. The molecule has 1 aromatic heterocycles. The predicted molar refractivity (Wildman–Crippen MR) is 87.2 cm³/mol. The summed E-state index contributed by atoms with van der Waals surface area (Å²) in [5.41, 5.74) is 0.902. The molecule has 0 fully saturated rings. The summed E-state index contributed by atoms with van der Waals surface area (Å²) in [4.78, 5) is 34.1. The van der Waals surface area contributed by atoms with E-state index in [1.807, 2.05) is 0 Å². The normalized spacial score (nSPS) is 10.7. The Kier molecular flexibility index (Phi) is 4.05. The fourth-order valence-electron chi connectivity index (χ4n) is 2.22. The van der Waals surface area contributed by atoms with Crippen molar-refractivity contribution in [3.8, 4) is 0 Å². The molecule has 0 spiro atoms. The van der Waals surface area contributed by atoms with E-state index in [2.05, 4.69) is 5.32 Å². The van der Waals surface area contributed by atoms with Crippen LogP contribution in [0.1, 0.15) is 0 Å². The quantitative estimate of drug-likeness (QED) is 0.576. The zero-order chi connectivity index (χ0) is 17.3. The summed E-state index contributed by atoms with van der Waals surface area (Å²) in [6, 6.07) is 10.4. The third-order valence-electron chi connectivity index (χ3n) is 3.31. The Bertz CT molecular complexity index is 1010. The Hall–Kier alpha value is -3.13. The highest BCUT2D eigenvalue weighted by Crippen LogP contribution is 2.26. The van der Waals surface area contributed by atoms with Crippen LogP contribution < -0.4 is 11.1 Å². The van der Waals surface area contributed by atoms with Crippen molar-refractivity contribution in [3.63, 3.8) is 0 Å². The lowest BCUT2D eigenvalue weighted by Gasteiger charge is -2.07. The first-order chi connectivity index (χ1) is 11.5. The lowest BCUT2D eigenvalue weighted by molar-refractivity contribution is -0.384. The molecule has 0 atom stereocenters. The number of anilines is 1. The van der Waals surface area contributed by atoms with Crippen molar-refractivity contribution in [3.05, 3.63) is 68.2 Å². The van der Waals surface area contributed by atoms with E-state index in [0.717, 1.165) is 6.07 Å². The second-order valence-corrected chi connectivity index (χ2v) is 5.30. The van der Waals surface area contributed by atoms with Gasteiger partial charge < -0.3 is 9.73 Å². The molecule has 0 saturated carbocycles. The summed E-state index contributed by atoms with van der Waals surface area (Å²) in [7, 11) is 0. The van der Waals surface area contributed by atoms with E-state index < -0.39 is 16.6 Å². The van der Waals surface area contributed by atoms with Crippen molar-refractivity contribution in [2.75, 3.05) is 5.32 Å². The molecule has 3 aromatic rings. The van der Waals surface area contributed by atoms with Gasteiger partial charge in [-0.25, -0.2) is 4.79 Å². The van der Waals surface area contributed by atoms with Gasteiger partial charge in [0.25, 0.3) is 5.69 Å². The van der Waals surface area contributed by atoms with Crippen molar-refractivity contribution in [1.29, 1.82) is 0 Å². The number of carbonyl (C=O) groups excluding carboxylic acids is 1. The van der Waals surface area contributed by atoms with Crippen molar-refractivity contribution >= 4 is 40.0 Å². The first-order valence-electron chi connectivity index (χ1n) is 6.78. The molecular weight excluding hydrogens is 338 g/mol. The molecule has 24 heavy (non-hydrogen) atoms. The molecule has 1 heterocycles. The number of nitrogens with zero attached hydrogens (tertiary/aromatic N) is 2. The Morgan fingerprint density at radius 2 is 2.04 bits per heavy atom. The van der Waals surface area contributed by atoms with Gasteiger partial charge in [0.1, 0.15) is 6.54 Å². The Balaban J connectivity index is 1.82. The van der Waals surface area contributed by atoms with Gasteiger partial charge in [0, 0.05) is 12.1 Å². The van der Waals surface area contributed by atoms with Gasteiger partial charge >= 0.3 is 5.76 Å². The number of nitro benzene ring substituents is 1. The van der Waals surface area contributed by atoms with Crippen LogP contribution in [0.3, 0.4) is 0 Å². The van der Waals surface area contributed by atoms with Crippen molar-refractivity contribution < 1.29 is 14.1 Å². The number of nitro groups is 1. The Morgan fingerprint density at radius 3 is 2.75 bits per heavy atom. The number of fused-ring (bicyclic) bond motifs is 1. The zero-order valence-corrected chi connectivity index (χ0v) is 12.8. The van der Waals surface area contributed by atoms with E-state index in [4.69, 9.17) is 16.0 Å². The van der Waals surface area contributed by atoms with E-state index in [-0.39, 0.29) is 22.9 Å². The van der Waals surface area contributed by atoms with Crippen LogP contribution in [0.2, 0.25) is 5.02 Å². The smallest absolute Gasteiger partial charge is 0.408 e. The number of para-hydroxylation sites is 2. The summed E-state index contributed by atoms with van der Waals surface area (Å²) >= 11 is 5.92. The number of hydrogen-bond donors (Lipinski definition) is 1. The average Bonchev–Trinajstić information content (AvgIpc) is 2.85. The maximum atomic E-state index is 12.1. The molecule has 0 saturated heterocycles. The lowest BCUT2D eigenvalue weighted by Crippen LogP contribution is -2.24. The summed E-state index contributed by atoms with van der Waals surface area (Å²) in [6.45, 7) is -0.275.